The minimum atomic E-state index is -0.835. The van der Waals surface area contributed by atoms with E-state index in [2.05, 4.69) is 5.32 Å². The lowest BCUT2D eigenvalue weighted by atomic mass is 9.83. The summed E-state index contributed by atoms with van der Waals surface area (Å²) in [5.41, 5.74) is 5.32. The number of rotatable bonds is 2. The highest BCUT2D eigenvalue weighted by Gasteiger charge is 2.33. The Balaban J connectivity index is 2.53. The van der Waals surface area contributed by atoms with E-state index in [4.69, 9.17) is 15.6 Å². The van der Waals surface area contributed by atoms with E-state index in [1.54, 1.807) is 20.8 Å². The zero-order valence-corrected chi connectivity index (χ0v) is 11.1. The normalized spacial score (nSPS) is 28.6. The molecular weight excluding hydrogens is 236 g/mol. The van der Waals surface area contributed by atoms with Crippen molar-refractivity contribution in [2.24, 2.45) is 11.7 Å². The van der Waals surface area contributed by atoms with Crippen LogP contribution in [0.3, 0.4) is 0 Å². The average molecular weight is 258 g/mol. The Bertz CT molecular complexity index is 325. The van der Waals surface area contributed by atoms with Gasteiger partial charge in [0, 0.05) is 12.1 Å². The molecule has 0 heterocycles. The number of nitrogens with two attached hydrogens (primary N) is 1. The molecule has 0 aliphatic heterocycles. The van der Waals surface area contributed by atoms with Gasteiger partial charge in [-0.15, -0.1) is 0 Å². The molecule has 0 aromatic rings. The van der Waals surface area contributed by atoms with Crippen LogP contribution in [0.2, 0.25) is 0 Å². The van der Waals surface area contributed by atoms with Gasteiger partial charge in [-0.05, 0) is 40.0 Å². The lowest BCUT2D eigenvalue weighted by molar-refractivity contribution is -0.143. The molecule has 0 bridgehead atoms. The molecule has 104 valence electrons. The van der Waals surface area contributed by atoms with Gasteiger partial charge >= 0.3 is 12.1 Å². The fourth-order valence-corrected chi connectivity index (χ4v) is 2.04. The summed E-state index contributed by atoms with van der Waals surface area (Å²) in [4.78, 5) is 22.5. The second-order valence-corrected chi connectivity index (χ2v) is 5.76. The van der Waals surface area contributed by atoms with Crippen molar-refractivity contribution in [3.63, 3.8) is 0 Å². The number of carboxylic acid groups (broad SMARTS) is 1. The Labute approximate surface area is 107 Å². The van der Waals surface area contributed by atoms with E-state index in [9.17, 15) is 9.59 Å². The summed E-state index contributed by atoms with van der Waals surface area (Å²) < 4.78 is 5.13. The van der Waals surface area contributed by atoms with E-state index >= 15 is 0 Å². The van der Waals surface area contributed by atoms with Crippen molar-refractivity contribution < 1.29 is 19.4 Å². The largest absolute Gasteiger partial charge is 0.481 e. The molecule has 1 amide bonds. The van der Waals surface area contributed by atoms with Gasteiger partial charge in [-0.1, -0.05) is 0 Å². The smallest absolute Gasteiger partial charge is 0.407 e. The van der Waals surface area contributed by atoms with Crippen molar-refractivity contribution in [1.29, 1.82) is 0 Å². The minimum Gasteiger partial charge on any atom is -0.481 e. The van der Waals surface area contributed by atoms with E-state index < -0.39 is 23.6 Å². The highest BCUT2D eigenvalue weighted by atomic mass is 16.6. The molecule has 6 nitrogen and oxygen atoms in total. The lowest BCUT2D eigenvalue weighted by Crippen LogP contribution is -2.52. The van der Waals surface area contributed by atoms with Crippen molar-refractivity contribution in [3.05, 3.63) is 0 Å². The highest BCUT2D eigenvalue weighted by Crippen LogP contribution is 2.24. The summed E-state index contributed by atoms with van der Waals surface area (Å²) in [5.74, 6) is -1.28. The molecule has 0 aromatic heterocycles. The number of ether oxygens (including phenoxy) is 1. The van der Waals surface area contributed by atoms with E-state index in [-0.39, 0.29) is 12.1 Å². The van der Waals surface area contributed by atoms with Crippen LogP contribution in [0.15, 0.2) is 0 Å². The van der Waals surface area contributed by atoms with Gasteiger partial charge < -0.3 is 20.9 Å². The van der Waals surface area contributed by atoms with Gasteiger partial charge in [-0.25, -0.2) is 4.79 Å². The number of carbonyl (C=O) groups is 2. The molecule has 0 aromatic carbocycles. The molecule has 6 heteroatoms. The van der Waals surface area contributed by atoms with Gasteiger partial charge in [0.2, 0.25) is 0 Å². The Morgan fingerprint density at radius 1 is 1.33 bits per heavy atom. The van der Waals surface area contributed by atoms with Gasteiger partial charge in [0.15, 0.2) is 0 Å². The summed E-state index contributed by atoms with van der Waals surface area (Å²) in [6.07, 6.45) is 0.963. The third-order valence-electron chi connectivity index (χ3n) is 2.96. The van der Waals surface area contributed by atoms with E-state index in [1.165, 1.54) is 0 Å². The molecule has 1 saturated carbocycles. The number of carboxylic acids is 1. The summed E-state index contributed by atoms with van der Waals surface area (Å²) >= 11 is 0. The predicted octanol–water partition coefficient (Wildman–Crippen LogP) is 1.09. The summed E-state index contributed by atoms with van der Waals surface area (Å²) in [5, 5.41) is 11.6. The van der Waals surface area contributed by atoms with E-state index in [0.29, 0.717) is 19.3 Å². The van der Waals surface area contributed by atoms with Crippen molar-refractivity contribution in [2.75, 3.05) is 0 Å². The van der Waals surface area contributed by atoms with E-state index in [0.717, 1.165) is 0 Å². The third-order valence-corrected chi connectivity index (χ3v) is 2.96. The topological polar surface area (TPSA) is 102 Å². The molecule has 0 spiro atoms. The monoisotopic (exact) mass is 258 g/mol. The molecule has 1 rings (SSSR count). The molecule has 0 radical (unpaired) electrons. The van der Waals surface area contributed by atoms with Crippen LogP contribution in [-0.2, 0) is 9.53 Å². The first-order valence-corrected chi connectivity index (χ1v) is 6.17. The standard InChI is InChI=1S/C12H22N2O4/c1-12(2,3)18-11(17)14-9-6-7(10(15)16)4-5-8(9)13/h7-9H,4-6,13H2,1-3H3,(H,14,17)(H,15,16)/t7-,8-,9+/m1/s1. The number of amides is 1. The zero-order chi connectivity index (χ0) is 13.9. The second kappa shape index (κ2) is 5.56. The van der Waals surface area contributed by atoms with Crippen molar-refractivity contribution in [2.45, 2.75) is 57.7 Å². The maximum atomic E-state index is 11.6. The Hall–Kier alpha value is -1.30. The van der Waals surface area contributed by atoms with Gasteiger partial charge in [-0.2, -0.15) is 0 Å². The van der Waals surface area contributed by atoms with Gasteiger partial charge in [0.25, 0.3) is 0 Å². The van der Waals surface area contributed by atoms with Crippen molar-refractivity contribution in [1.82, 2.24) is 5.32 Å². The van der Waals surface area contributed by atoms with Crippen LogP contribution in [0.25, 0.3) is 0 Å². The SMILES string of the molecule is CC(C)(C)OC(=O)N[C@H]1C[C@H](C(=O)O)CC[C@H]1N. The van der Waals surface area contributed by atoms with Crippen LogP contribution < -0.4 is 11.1 Å². The number of alkyl carbamates (subject to hydrolysis) is 1. The Kier molecular flexibility index (Phi) is 4.56. The van der Waals surface area contributed by atoms with E-state index in [1.807, 2.05) is 0 Å². The summed E-state index contributed by atoms with van der Waals surface area (Å²) in [6.45, 7) is 5.31. The van der Waals surface area contributed by atoms with Crippen LogP contribution in [-0.4, -0.2) is 34.9 Å². The van der Waals surface area contributed by atoms with Gasteiger partial charge in [-0.3, -0.25) is 4.79 Å². The Morgan fingerprint density at radius 3 is 2.44 bits per heavy atom. The molecule has 3 atom stereocenters. The van der Waals surface area contributed by atoms with Crippen LogP contribution in [0.1, 0.15) is 40.0 Å². The first-order valence-electron chi connectivity index (χ1n) is 6.17. The lowest BCUT2D eigenvalue weighted by Gasteiger charge is -2.33. The highest BCUT2D eigenvalue weighted by molar-refractivity contribution is 5.71. The molecule has 1 aliphatic rings. The van der Waals surface area contributed by atoms with Crippen LogP contribution in [0.4, 0.5) is 4.79 Å². The Morgan fingerprint density at radius 2 is 1.94 bits per heavy atom. The predicted molar refractivity (Wildman–Crippen MR) is 66.1 cm³/mol. The first-order chi connectivity index (χ1) is 8.19. The summed E-state index contributed by atoms with van der Waals surface area (Å²) in [6, 6.07) is -0.553. The zero-order valence-electron chi connectivity index (χ0n) is 11.1. The van der Waals surface area contributed by atoms with Crippen LogP contribution in [0, 0.1) is 5.92 Å². The molecule has 1 fully saturated rings. The van der Waals surface area contributed by atoms with Gasteiger partial charge in [0.1, 0.15) is 5.60 Å². The average Bonchev–Trinajstić information content (AvgIpc) is 2.18. The molecule has 4 N–H and O–H groups in total. The fraction of sp³-hybridized carbons (Fsp3) is 0.833. The quantitative estimate of drug-likeness (QED) is 0.688. The fourth-order valence-electron chi connectivity index (χ4n) is 2.04. The molecule has 0 saturated heterocycles. The molecule has 1 aliphatic carbocycles. The maximum Gasteiger partial charge on any atom is 0.407 e. The van der Waals surface area contributed by atoms with Gasteiger partial charge in [0.05, 0.1) is 5.92 Å². The number of carbonyl (C=O) groups excluding carboxylic acids is 1. The maximum absolute atomic E-state index is 11.6. The number of aliphatic carboxylic acids is 1. The van der Waals surface area contributed by atoms with Crippen molar-refractivity contribution in [3.8, 4) is 0 Å². The summed E-state index contributed by atoms with van der Waals surface area (Å²) in [7, 11) is 0. The molecule has 0 unspecified atom stereocenters. The number of hydrogen-bond acceptors (Lipinski definition) is 4. The number of nitrogens with one attached hydrogen (secondary N) is 1. The number of hydrogen-bond donors (Lipinski definition) is 3. The molecule has 18 heavy (non-hydrogen) atoms. The molecular formula is C12H22N2O4. The van der Waals surface area contributed by atoms with Crippen LogP contribution in [0.5, 0.6) is 0 Å². The minimum absolute atomic E-state index is 0.215. The third kappa shape index (κ3) is 4.52. The second-order valence-electron chi connectivity index (χ2n) is 5.76. The van der Waals surface area contributed by atoms with Crippen LogP contribution >= 0.6 is 0 Å². The first kappa shape index (κ1) is 14.8. The van der Waals surface area contributed by atoms with Crippen molar-refractivity contribution >= 4 is 12.1 Å².